The maximum absolute atomic E-state index is 11.8. The van der Waals surface area contributed by atoms with Crippen molar-refractivity contribution in [2.24, 2.45) is 0 Å². The topological polar surface area (TPSA) is 98.3 Å². The highest BCUT2D eigenvalue weighted by atomic mass is 16.6. The molecule has 1 amide bonds. The van der Waals surface area contributed by atoms with Crippen LogP contribution in [0, 0.1) is 10.1 Å². The molecule has 0 aliphatic carbocycles. The lowest BCUT2D eigenvalue weighted by Crippen LogP contribution is -2.14. The maximum atomic E-state index is 11.8. The monoisotopic (exact) mass is 271 g/mol. The van der Waals surface area contributed by atoms with Crippen LogP contribution in [0.3, 0.4) is 0 Å². The number of nitrogens with zero attached hydrogens (tertiary/aromatic N) is 1. The van der Waals surface area contributed by atoms with Gasteiger partial charge in [-0.3, -0.25) is 14.9 Å². The van der Waals surface area contributed by atoms with E-state index >= 15 is 0 Å². The molecule has 0 radical (unpaired) electrons. The molecule has 0 atom stereocenters. The summed E-state index contributed by atoms with van der Waals surface area (Å²) in [5.41, 5.74) is 7.36. The first-order chi connectivity index (χ1) is 9.54. The van der Waals surface area contributed by atoms with E-state index < -0.39 is 4.92 Å². The number of nitrogens with two attached hydrogens (primary N) is 1. The third-order valence-electron chi connectivity index (χ3n) is 2.68. The fraction of sp³-hybridized carbons (Fsp3) is 0.0714. The second-order valence-electron chi connectivity index (χ2n) is 4.27. The molecule has 20 heavy (non-hydrogen) atoms. The molecule has 102 valence electrons. The summed E-state index contributed by atoms with van der Waals surface area (Å²) in [6.45, 7) is 0. The smallest absolute Gasteiger partial charge is 0.269 e. The predicted molar refractivity (Wildman–Crippen MR) is 76.3 cm³/mol. The molecule has 6 nitrogen and oxygen atoms in total. The van der Waals surface area contributed by atoms with Crippen molar-refractivity contribution in [1.82, 2.24) is 0 Å². The van der Waals surface area contributed by atoms with Crippen LogP contribution in [-0.2, 0) is 11.2 Å². The molecular weight excluding hydrogens is 258 g/mol. The van der Waals surface area contributed by atoms with E-state index in [9.17, 15) is 14.9 Å². The van der Waals surface area contributed by atoms with Gasteiger partial charge in [0.25, 0.3) is 5.69 Å². The zero-order chi connectivity index (χ0) is 14.5. The molecule has 0 bridgehead atoms. The molecule has 3 N–H and O–H groups in total. The van der Waals surface area contributed by atoms with Gasteiger partial charge in [-0.1, -0.05) is 12.1 Å². The van der Waals surface area contributed by atoms with Gasteiger partial charge < -0.3 is 11.1 Å². The third-order valence-corrected chi connectivity index (χ3v) is 2.68. The summed E-state index contributed by atoms with van der Waals surface area (Å²) in [5.74, 6) is -0.240. The molecule has 0 aliphatic rings. The number of carbonyl (C=O) groups is 1. The van der Waals surface area contributed by atoms with Gasteiger partial charge in [-0.15, -0.1) is 0 Å². The van der Waals surface area contributed by atoms with Crippen LogP contribution < -0.4 is 11.1 Å². The fourth-order valence-corrected chi connectivity index (χ4v) is 1.74. The average Bonchev–Trinajstić information content (AvgIpc) is 2.41. The van der Waals surface area contributed by atoms with E-state index in [1.54, 1.807) is 36.4 Å². The van der Waals surface area contributed by atoms with E-state index in [-0.39, 0.29) is 18.0 Å². The molecule has 0 fully saturated rings. The lowest BCUT2D eigenvalue weighted by Gasteiger charge is -2.05. The number of amides is 1. The summed E-state index contributed by atoms with van der Waals surface area (Å²) in [6.07, 6.45) is 0.0755. The first-order valence-corrected chi connectivity index (χ1v) is 5.93. The van der Waals surface area contributed by atoms with E-state index in [1.807, 2.05) is 0 Å². The number of nitro benzene ring substituents is 1. The first kappa shape index (κ1) is 13.5. The molecule has 0 aliphatic heterocycles. The van der Waals surface area contributed by atoms with Crippen molar-refractivity contribution in [2.45, 2.75) is 6.42 Å². The Morgan fingerprint density at radius 1 is 1.20 bits per heavy atom. The Morgan fingerprint density at radius 2 is 1.90 bits per heavy atom. The number of anilines is 2. The summed E-state index contributed by atoms with van der Waals surface area (Å²) in [5, 5.41) is 13.4. The highest BCUT2D eigenvalue weighted by Crippen LogP contribution is 2.15. The van der Waals surface area contributed by atoms with Crippen LogP contribution in [0.25, 0.3) is 0 Å². The maximum Gasteiger partial charge on any atom is 0.269 e. The van der Waals surface area contributed by atoms with Crippen molar-refractivity contribution in [1.29, 1.82) is 0 Å². The quantitative estimate of drug-likeness (QED) is 0.506. The lowest BCUT2D eigenvalue weighted by atomic mass is 10.1. The average molecular weight is 271 g/mol. The van der Waals surface area contributed by atoms with Gasteiger partial charge in [0.2, 0.25) is 5.91 Å². The van der Waals surface area contributed by atoms with Crippen LogP contribution in [0.2, 0.25) is 0 Å². The number of nitro groups is 1. The standard InChI is InChI=1S/C14H13N3O3/c15-11-4-6-12(7-5-11)16-14(18)9-10-2-1-3-13(8-10)17(19)20/h1-8H,9,15H2,(H,16,18). The van der Waals surface area contributed by atoms with Gasteiger partial charge in [0, 0.05) is 23.5 Å². The Bertz CT molecular complexity index is 638. The van der Waals surface area contributed by atoms with Crippen molar-refractivity contribution < 1.29 is 9.72 Å². The molecule has 6 heteroatoms. The largest absolute Gasteiger partial charge is 0.399 e. The van der Waals surface area contributed by atoms with E-state index in [0.717, 1.165) is 0 Å². The van der Waals surface area contributed by atoms with E-state index in [1.165, 1.54) is 12.1 Å². The van der Waals surface area contributed by atoms with Gasteiger partial charge in [-0.2, -0.15) is 0 Å². The van der Waals surface area contributed by atoms with Crippen LogP contribution >= 0.6 is 0 Å². The minimum Gasteiger partial charge on any atom is -0.399 e. The summed E-state index contributed by atoms with van der Waals surface area (Å²) in [6, 6.07) is 12.8. The van der Waals surface area contributed by atoms with Crippen LogP contribution in [0.1, 0.15) is 5.56 Å². The molecule has 0 heterocycles. The molecule has 0 spiro atoms. The van der Waals surface area contributed by atoms with Crippen LogP contribution in [0.4, 0.5) is 17.1 Å². The van der Waals surface area contributed by atoms with E-state index in [2.05, 4.69) is 5.32 Å². The lowest BCUT2D eigenvalue weighted by molar-refractivity contribution is -0.384. The predicted octanol–water partition coefficient (Wildman–Crippen LogP) is 2.36. The van der Waals surface area contributed by atoms with Crippen LogP contribution in [0.15, 0.2) is 48.5 Å². The number of rotatable bonds is 4. The van der Waals surface area contributed by atoms with Gasteiger partial charge >= 0.3 is 0 Å². The highest BCUT2D eigenvalue weighted by Gasteiger charge is 2.09. The zero-order valence-electron chi connectivity index (χ0n) is 10.6. The van der Waals surface area contributed by atoms with Crippen molar-refractivity contribution in [2.75, 3.05) is 11.1 Å². The molecular formula is C14H13N3O3. The number of hydrogen-bond donors (Lipinski definition) is 2. The van der Waals surface area contributed by atoms with Gasteiger partial charge in [0.05, 0.1) is 11.3 Å². The van der Waals surface area contributed by atoms with Crippen molar-refractivity contribution in [3.63, 3.8) is 0 Å². The number of hydrogen-bond acceptors (Lipinski definition) is 4. The Labute approximate surface area is 115 Å². The minimum absolute atomic E-state index is 0.0252. The van der Waals surface area contributed by atoms with Crippen LogP contribution in [-0.4, -0.2) is 10.8 Å². The van der Waals surface area contributed by atoms with Gasteiger partial charge in [-0.25, -0.2) is 0 Å². The SMILES string of the molecule is Nc1ccc(NC(=O)Cc2cccc([N+](=O)[O-])c2)cc1. The molecule has 2 aromatic rings. The van der Waals surface area contributed by atoms with Crippen molar-refractivity contribution >= 4 is 23.0 Å². The number of carbonyl (C=O) groups excluding carboxylic acids is 1. The Hall–Kier alpha value is -2.89. The Balaban J connectivity index is 2.02. The minimum atomic E-state index is -0.485. The molecule has 0 saturated heterocycles. The Kier molecular flexibility index (Phi) is 3.95. The molecule has 0 saturated carbocycles. The van der Waals surface area contributed by atoms with Crippen LogP contribution in [0.5, 0.6) is 0 Å². The highest BCUT2D eigenvalue weighted by molar-refractivity contribution is 5.92. The molecule has 2 rings (SSSR count). The Morgan fingerprint density at radius 3 is 2.55 bits per heavy atom. The van der Waals surface area contributed by atoms with Crippen molar-refractivity contribution in [3.05, 3.63) is 64.2 Å². The van der Waals surface area contributed by atoms with E-state index in [4.69, 9.17) is 5.73 Å². The fourth-order valence-electron chi connectivity index (χ4n) is 1.74. The van der Waals surface area contributed by atoms with Crippen molar-refractivity contribution in [3.8, 4) is 0 Å². The number of non-ortho nitro benzene ring substituents is 1. The van der Waals surface area contributed by atoms with Gasteiger partial charge in [-0.05, 0) is 29.8 Å². The second-order valence-corrected chi connectivity index (χ2v) is 4.27. The van der Waals surface area contributed by atoms with Gasteiger partial charge in [0.1, 0.15) is 0 Å². The van der Waals surface area contributed by atoms with E-state index in [0.29, 0.717) is 16.9 Å². The summed E-state index contributed by atoms with van der Waals surface area (Å²) in [7, 11) is 0. The summed E-state index contributed by atoms with van der Waals surface area (Å²) >= 11 is 0. The summed E-state index contributed by atoms with van der Waals surface area (Å²) in [4.78, 5) is 22.0. The molecule has 0 unspecified atom stereocenters. The number of benzene rings is 2. The zero-order valence-corrected chi connectivity index (χ0v) is 10.6. The second kappa shape index (κ2) is 5.83. The van der Waals surface area contributed by atoms with Gasteiger partial charge in [0.15, 0.2) is 0 Å². The molecule has 2 aromatic carbocycles. The molecule has 0 aromatic heterocycles. The number of nitrogen functional groups attached to an aromatic ring is 1. The first-order valence-electron chi connectivity index (χ1n) is 5.93. The third kappa shape index (κ3) is 3.55. The summed E-state index contributed by atoms with van der Waals surface area (Å²) < 4.78 is 0. The number of nitrogens with one attached hydrogen (secondary N) is 1. The normalized spacial score (nSPS) is 10.0.